The first kappa shape index (κ1) is 15.1. The number of ether oxygens (including phenoxy) is 1. The summed E-state index contributed by atoms with van der Waals surface area (Å²) < 4.78 is 30.1. The highest BCUT2D eigenvalue weighted by atomic mass is 31.2. The fourth-order valence-electron chi connectivity index (χ4n) is 1.86. The minimum Gasteiger partial charge on any atom is -0.362 e. The van der Waals surface area contributed by atoms with Gasteiger partial charge in [-0.2, -0.15) is 5.10 Å². The summed E-state index contributed by atoms with van der Waals surface area (Å²) in [7, 11) is -4.30. The molecule has 2 rings (SSSR count). The second-order valence-electron chi connectivity index (χ2n) is 4.41. The maximum atomic E-state index is 12.9. The standard InChI is InChI=1S/C11H15FN3O4P/c1-8-11-3-2-9(15(11)14-6-13-8)4-10(5-12)19-7-20(16,17)18/h2-3,6,10H,4-5,7H2,1H3,(H2,16,17,18)/t10-/m0/s1. The van der Waals surface area contributed by atoms with Crippen LogP contribution in [-0.4, -0.2) is 43.5 Å². The van der Waals surface area contributed by atoms with E-state index in [1.807, 2.05) is 13.0 Å². The number of hydrogen-bond acceptors (Lipinski definition) is 4. The van der Waals surface area contributed by atoms with Crippen LogP contribution in [0.2, 0.25) is 0 Å². The molecule has 0 aliphatic rings. The van der Waals surface area contributed by atoms with Crippen molar-refractivity contribution >= 4 is 13.1 Å². The van der Waals surface area contributed by atoms with Gasteiger partial charge < -0.3 is 14.5 Å². The van der Waals surface area contributed by atoms with E-state index in [0.717, 1.165) is 11.2 Å². The number of alkyl halides is 1. The van der Waals surface area contributed by atoms with Crippen LogP contribution in [0.25, 0.3) is 5.52 Å². The monoisotopic (exact) mass is 303 g/mol. The lowest BCUT2D eigenvalue weighted by molar-refractivity contribution is 0.0552. The third kappa shape index (κ3) is 3.61. The maximum absolute atomic E-state index is 12.9. The van der Waals surface area contributed by atoms with Crippen molar-refractivity contribution in [1.82, 2.24) is 14.6 Å². The molecule has 0 aliphatic heterocycles. The summed E-state index contributed by atoms with van der Waals surface area (Å²) in [4.78, 5) is 21.5. The van der Waals surface area contributed by atoms with Crippen LogP contribution < -0.4 is 0 Å². The van der Waals surface area contributed by atoms with Crippen molar-refractivity contribution in [3.63, 3.8) is 0 Å². The molecule has 2 N–H and O–H groups in total. The molecular weight excluding hydrogens is 288 g/mol. The highest BCUT2D eigenvalue weighted by Gasteiger charge is 2.19. The van der Waals surface area contributed by atoms with Gasteiger partial charge in [-0.3, -0.25) is 4.57 Å². The fraction of sp³-hybridized carbons (Fsp3) is 0.455. The molecule has 9 heteroatoms. The Morgan fingerprint density at radius 1 is 1.50 bits per heavy atom. The van der Waals surface area contributed by atoms with Crippen LogP contribution in [0.1, 0.15) is 11.4 Å². The van der Waals surface area contributed by atoms with Crippen molar-refractivity contribution in [3.05, 3.63) is 29.8 Å². The second-order valence-corrected chi connectivity index (χ2v) is 6.00. The van der Waals surface area contributed by atoms with Crippen LogP contribution >= 0.6 is 7.60 Å². The second kappa shape index (κ2) is 5.97. The first-order valence-corrected chi connectivity index (χ1v) is 7.71. The van der Waals surface area contributed by atoms with Gasteiger partial charge in [-0.25, -0.2) is 13.9 Å². The van der Waals surface area contributed by atoms with E-state index in [1.165, 1.54) is 6.33 Å². The molecule has 2 heterocycles. The van der Waals surface area contributed by atoms with E-state index >= 15 is 0 Å². The van der Waals surface area contributed by atoms with Gasteiger partial charge in [0.2, 0.25) is 0 Å². The highest BCUT2D eigenvalue weighted by Crippen LogP contribution is 2.34. The minimum absolute atomic E-state index is 0.168. The minimum atomic E-state index is -4.30. The lowest BCUT2D eigenvalue weighted by Gasteiger charge is -2.14. The fourth-order valence-corrected chi connectivity index (χ4v) is 2.26. The zero-order chi connectivity index (χ0) is 14.8. The Balaban J connectivity index is 2.14. The zero-order valence-electron chi connectivity index (χ0n) is 10.8. The Hall–Kier alpha value is -1.34. The number of aromatic nitrogens is 3. The largest absolute Gasteiger partial charge is 0.362 e. The highest BCUT2D eigenvalue weighted by molar-refractivity contribution is 7.51. The summed E-state index contributed by atoms with van der Waals surface area (Å²) in [5.74, 6) is 0. The quantitative estimate of drug-likeness (QED) is 0.775. The summed E-state index contributed by atoms with van der Waals surface area (Å²) in [6.45, 7) is 0.995. The Bertz CT molecular complexity index is 642. The molecular formula is C11H15FN3O4P. The number of aryl methyl sites for hydroxylation is 1. The van der Waals surface area contributed by atoms with Gasteiger partial charge in [0.15, 0.2) is 0 Å². The van der Waals surface area contributed by atoms with Gasteiger partial charge in [-0.1, -0.05) is 0 Å². The van der Waals surface area contributed by atoms with Crippen LogP contribution in [0, 0.1) is 6.92 Å². The van der Waals surface area contributed by atoms with Crippen molar-refractivity contribution < 1.29 is 23.5 Å². The number of rotatable bonds is 6. The van der Waals surface area contributed by atoms with Gasteiger partial charge >= 0.3 is 7.60 Å². The van der Waals surface area contributed by atoms with Crippen molar-refractivity contribution in [2.75, 3.05) is 13.0 Å². The molecule has 20 heavy (non-hydrogen) atoms. The average molecular weight is 303 g/mol. The van der Waals surface area contributed by atoms with Crippen molar-refractivity contribution in [2.45, 2.75) is 19.4 Å². The van der Waals surface area contributed by atoms with Crippen LogP contribution in [0.4, 0.5) is 4.39 Å². The molecule has 0 aromatic carbocycles. The molecule has 7 nitrogen and oxygen atoms in total. The molecule has 0 bridgehead atoms. The summed E-state index contributed by atoms with van der Waals surface area (Å²) in [6, 6.07) is 3.57. The molecule has 0 saturated heterocycles. The van der Waals surface area contributed by atoms with E-state index in [4.69, 9.17) is 14.5 Å². The van der Waals surface area contributed by atoms with Crippen LogP contribution in [0.5, 0.6) is 0 Å². The molecule has 2 aromatic heterocycles. The number of halogens is 1. The number of fused-ring (bicyclic) bond motifs is 1. The van der Waals surface area contributed by atoms with E-state index in [9.17, 15) is 8.96 Å². The lowest BCUT2D eigenvalue weighted by Crippen LogP contribution is -2.20. The van der Waals surface area contributed by atoms with E-state index in [-0.39, 0.29) is 6.42 Å². The van der Waals surface area contributed by atoms with E-state index < -0.39 is 26.7 Å². The third-order valence-electron chi connectivity index (χ3n) is 2.81. The van der Waals surface area contributed by atoms with Crippen LogP contribution in [0.15, 0.2) is 18.5 Å². The van der Waals surface area contributed by atoms with E-state index in [1.54, 1.807) is 10.6 Å². The summed E-state index contributed by atoms with van der Waals surface area (Å²) in [5.41, 5.74) is 2.29. The molecule has 0 amide bonds. The van der Waals surface area contributed by atoms with Crippen LogP contribution in [0.3, 0.4) is 0 Å². The molecule has 1 atom stereocenters. The van der Waals surface area contributed by atoms with Gasteiger partial charge in [0.1, 0.15) is 19.3 Å². The SMILES string of the molecule is Cc1ncnn2c(C[C@@H](CF)OCP(=O)(O)O)ccc12. The van der Waals surface area contributed by atoms with Crippen molar-refractivity contribution in [1.29, 1.82) is 0 Å². The topological polar surface area (TPSA) is 97.0 Å². The van der Waals surface area contributed by atoms with Gasteiger partial charge in [0.05, 0.1) is 17.3 Å². The predicted octanol–water partition coefficient (Wildman–Crippen LogP) is 1.07. The van der Waals surface area contributed by atoms with Crippen LogP contribution in [-0.2, 0) is 15.7 Å². The number of hydrogen-bond donors (Lipinski definition) is 2. The molecule has 0 saturated carbocycles. The summed E-state index contributed by atoms with van der Waals surface area (Å²) >= 11 is 0. The maximum Gasteiger partial charge on any atom is 0.350 e. The first-order valence-electron chi connectivity index (χ1n) is 5.91. The molecule has 2 aromatic rings. The van der Waals surface area contributed by atoms with Gasteiger partial charge in [-0.05, 0) is 19.1 Å². The lowest BCUT2D eigenvalue weighted by atomic mass is 10.2. The molecule has 110 valence electrons. The Morgan fingerprint density at radius 3 is 2.90 bits per heavy atom. The average Bonchev–Trinajstić information content (AvgIpc) is 2.78. The predicted molar refractivity (Wildman–Crippen MR) is 69.2 cm³/mol. The van der Waals surface area contributed by atoms with Gasteiger partial charge in [0, 0.05) is 12.1 Å². The third-order valence-corrected chi connectivity index (χ3v) is 3.30. The van der Waals surface area contributed by atoms with Crippen molar-refractivity contribution in [3.8, 4) is 0 Å². The Labute approximate surface area is 114 Å². The first-order chi connectivity index (χ1) is 9.40. The zero-order valence-corrected chi connectivity index (χ0v) is 11.7. The Kier molecular flexibility index (Phi) is 4.49. The normalized spacial score (nSPS) is 13.8. The molecule has 0 spiro atoms. The van der Waals surface area contributed by atoms with Gasteiger partial charge in [-0.15, -0.1) is 0 Å². The number of nitrogens with zero attached hydrogens (tertiary/aromatic N) is 3. The van der Waals surface area contributed by atoms with E-state index in [2.05, 4.69) is 10.1 Å². The van der Waals surface area contributed by atoms with E-state index in [0.29, 0.717) is 5.69 Å². The smallest absolute Gasteiger partial charge is 0.350 e. The van der Waals surface area contributed by atoms with Gasteiger partial charge in [0.25, 0.3) is 0 Å². The molecule has 0 radical (unpaired) electrons. The van der Waals surface area contributed by atoms with Crippen molar-refractivity contribution in [2.24, 2.45) is 0 Å². The summed E-state index contributed by atoms with van der Waals surface area (Å²) in [5, 5.41) is 4.07. The molecule has 0 unspecified atom stereocenters. The Morgan fingerprint density at radius 2 is 2.25 bits per heavy atom. The summed E-state index contributed by atoms with van der Waals surface area (Å²) in [6.07, 6.45) is -0.150. The molecule has 0 aliphatic carbocycles. The molecule has 0 fully saturated rings.